The number of hydrogen-bond donors (Lipinski definition) is 3. The number of Topliss-reactive ketones (excluding diaryl/α,β-unsaturated/α-hetero) is 1. The summed E-state index contributed by atoms with van der Waals surface area (Å²) in [7, 11) is 0. The van der Waals surface area contributed by atoms with Crippen LogP contribution in [0.2, 0.25) is 0 Å². The average Bonchev–Trinajstić information content (AvgIpc) is 2.73. The normalized spacial score (nSPS) is 10.5. The molecular formula is C22H19NO7. The second-order valence-electron chi connectivity index (χ2n) is 6.53. The number of phenolic OH excluding ortho intramolecular Hbond substituents is 3. The first-order valence-electron chi connectivity index (χ1n) is 9.08. The largest absolute Gasteiger partial charge is 0.508 e. The van der Waals surface area contributed by atoms with E-state index in [4.69, 9.17) is 4.74 Å². The van der Waals surface area contributed by atoms with E-state index in [1.54, 1.807) is 24.3 Å². The van der Waals surface area contributed by atoms with Crippen LogP contribution in [0.15, 0.2) is 60.7 Å². The number of nitro benzene ring substituents is 1. The van der Waals surface area contributed by atoms with E-state index in [9.17, 15) is 30.2 Å². The molecule has 3 N–H and O–H groups in total. The minimum absolute atomic E-state index is 0.000563. The highest BCUT2D eigenvalue weighted by molar-refractivity contribution is 5.99. The quantitative estimate of drug-likeness (QED) is 0.290. The molecule has 0 aliphatic carbocycles. The van der Waals surface area contributed by atoms with Crippen LogP contribution in [0.5, 0.6) is 23.0 Å². The smallest absolute Gasteiger partial charge is 0.310 e. The van der Waals surface area contributed by atoms with Gasteiger partial charge in [-0.3, -0.25) is 14.9 Å². The highest BCUT2D eigenvalue weighted by atomic mass is 16.6. The summed E-state index contributed by atoms with van der Waals surface area (Å²) in [6.07, 6.45) is -0.0139. The Morgan fingerprint density at radius 2 is 1.60 bits per heavy atom. The molecule has 0 aliphatic rings. The molecule has 0 fully saturated rings. The number of nitro groups is 1. The molecule has 0 aliphatic heterocycles. The lowest BCUT2D eigenvalue weighted by Crippen LogP contribution is -2.04. The summed E-state index contributed by atoms with van der Waals surface area (Å²) in [6, 6.07) is 15.2. The van der Waals surface area contributed by atoms with E-state index in [0.717, 1.165) is 0 Å². The average molecular weight is 409 g/mol. The lowest BCUT2D eigenvalue weighted by Gasteiger charge is -2.12. The Balaban J connectivity index is 1.71. The van der Waals surface area contributed by atoms with E-state index in [1.165, 1.54) is 36.4 Å². The molecule has 8 nitrogen and oxygen atoms in total. The van der Waals surface area contributed by atoms with Crippen molar-refractivity contribution in [3.63, 3.8) is 0 Å². The fraction of sp³-hybridized carbons (Fsp3) is 0.136. The summed E-state index contributed by atoms with van der Waals surface area (Å²) in [4.78, 5) is 22.8. The summed E-state index contributed by atoms with van der Waals surface area (Å²) < 4.78 is 5.54. The zero-order valence-corrected chi connectivity index (χ0v) is 15.8. The molecule has 8 heteroatoms. The Morgan fingerprint density at radius 3 is 2.33 bits per heavy atom. The van der Waals surface area contributed by atoms with Crippen LogP contribution < -0.4 is 4.74 Å². The van der Waals surface area contributed by atoms with Gasteiger partial charge in [-0.05, 0) is 24.6 Å². The van der Waals surface area contributed by atoms with Gasteiger partial charge in [0, 0.05) is 23.6 Å². The molecule has 3 aromatic rings. The van der Waals surface area contributed by atoms with Crippen molar-refractivity contribution < 1.29 is 29.8 Å². The van der Waals surface area contributed by atoms with Gasteiger partial charge in [-0.25, -0.2) is 0 Å². The Hall–Kier alpha value is -4.07. The number of para-hydroxylation sites is 3. The van der Waals surface area contributed by atoms with Gasteiger partial charge in [-0.15, -0.1) is 0 Å². The van der Waals surface area contributed by atoms with Crippen LogP contribution in [0.4, 0.5) is 5.69 Å². The van der Waals surface area contributed by atoms with E-state index < -0.39 is 22.1 Å². The van der Waals surface area contributed by atoms with E-state index in [-0.39, 0.29) is 47.8 Å². The van der Waals surface area contributed by atoms with E-state index in [1.807, 2.05) is 0 Å². The Kier molecular flexibility index (Phi) is 6.17. The molecule has 3 aromatic carbocycles. The molecule has 0 atom stereocenters. The molecule has 0 amide bonds. The summed E-state index contributed by atoms with van der Waals surface area (Å²) >= 11 is 0. The Labute approximate surface area is 171 Å². The molecule has 0 unspecified atom stereocenters. The lowest BCUT2D eigenvalue weighted by molar-refractivity contribution is -0.385. The van der Waals surface area contributed by atoms with Crippen LogP contribution in [0, 0.1) is 10.1 Å². The zero-order chi connectivity index (χ0) is 21.7. The number of ether oxygens (including phenoxy) is 1. The minimum atomic E-state index is -0.697. The van der Waals surface area contributed by atoms with Crippen molar-refractivity contribution in [3.8, 4) is 23.0 Å². The topological polar surface area (TPSA) is 130 Å². The monoisotopic (exact) mass is 409 g/mol. The number of carbonyl (C=O) groups is 1. The number of phenols is 3. The van der Waals surface area contributed by atoms with Crippen molar-refractivity contribution in [3.05, 3.63) is 87.5 Å². The number of ketones is 1. The number of aryl methyl sites for hydroxylation is 1. The number of carbonyl (C=O) groups excluding carboxylic acids is 1. The first kappa shape index (κ1) is 20.7. The van der Waals surface area contributed by atoms with Crippen molar-refractivity contribution in [2.24, 2.45) is 0 Å². The van der Waals surface area contributed by atoms with Gasteiger partial charge in [-0.1, -0.05) is 36.4 Å². The van der Waals surface area contributed by atoms with Crippen molar-refractivity contribution in [1.82, 2.24) is 0 Å². The van der Waals surface area contributed by atoms with E-state index in [2.05, 4.69) is 0 Å². The number of aromatic hydroxyl groups is 3. The molecule has 0 heterocycles. The molecule has 30 heavy (non-hydrogen) atoms. The van der Waals surface area contributed by atoms with Gasteiger partial charge >= 0.3 is 5.69 Å². The molecule has 0 spiro atoms. The van der Waals surface area contributed by atoms with Crippen molar-refractivity contribution in [2.75, 3.05) is 0 Å². The molecule has 3 rings (SSSR count). The number of rotatable bonds is 8. The minimum Gasteiger partial charge on any atom is -0.508 e. The van der Waals surface area contributed by atoms with Crippen LogP contribution in [-0.4, -0.2) is 26.0 Å². The maximum atomic E-state index is 12.6. The lowest BCUT2D eigenvalue weighted by atomic mass is 10.0. The predicted molar refractivity (Wildman–Crippen MR) is 108 cm³/mol. The van der Waals surface area contributed by atoms with Crippen LogP contribution >= 0.6 is 0 Å². The molecule has 0 bridgehead atoms. The van der Waals surface area contributed by atoms with Gasteiger partial charge in [0.15, 0.2) is 23.0 Å². The molecular weight excluding hydrogens is 390 g/mol. The van der Waals surface area contributed by atoms with Gasteiger partial charge < -0.3 is 20.1 Å². The third-order valence-electron chi connectivity index (χ3n) is 4.59. The molecule has 0 saturated carbocycles. The molecule has 0 radical (unpaired) electrons. The van der Waals surface area contributed by atoms with E-state index in [0.29, 0.717) is 5.56 Å². The first-order valence-corrected chi connectivity index (χ1v) is 9.08. The fourth-order valence-electron chi connectivity index (χ4n) is 2.96. The van der Waals surface area contributed by atoms with Crippen LogP contribution in [0.1, 0.15) is 27.9 Å². The summed E-state index contributed by atoms with van der Waals surface area (Å²) in [6.45, 7) is -0.000563. The van der Waals surface area contributed by atoms with Gasteiger partial charge in [0.25, 0.3) is 0 Å². The standard InChI is InChI=1S/C22H19NO7/c24-18-9-2-1-5-15(18)13-30-20-10-4-7-16(22(20)27)19(25)12-11-14-6-3-8-17(21(14)26)23(28)29/h1-10,24,26-27H,11-13H2. The first-order chi connectivity index (χ1) is 14.4. The van der Waals surface area contributed by atoms with Crippen LogP contribution in [-0.2, 0) is 13.0 Å². The van der Waals surface area contributed by atoms with Gasteiger partial charge in [0.05, 0.1) is 10.5 Å². The van der Waals surface area contributed by atoms with Gasteiger partial charge in [-0.2, -0.15) is 0 Å². The van der Waals surface area contributed by atoms with Crippen LogP contribution in [0.25, 0.3) is 0 Å². The highest BCUT2D eigenvalue weighted by Gasteiger charge is 2.19. The van der Waals surface area contributed by atoms with Gasteiger partial charge in [0.2, 0.25) is 0 Å². The summed E-state index contributed by atoms with van der Waals surface area (Å²) in [5, 5.41) is 41.1. The van der Waals surface area contributed by atoms with Crippen molar-refractivity contribution in [2.45, 2.75) is 19.4 Å². The second kappa shape index (κ2) is 8.95. The number of nitrogens with zero attached hydrogens (tertiary/aromatic N) is 1. The summed E-state index contributed by atoms with van der Waals surface area (Å²) in [5.74, 6) is -1.07. The summed E-state index contributed by atoms with van der Waals surface area (Å²) in [5.41, 5.74) is 0.399. The predicted octanol–water partition coefficient (Wildman–Crippen LogP) is 4.11. The second-order valence-corrected chi connectivity index (χ2v) is 6.53. The van der Waals surface area contributed by atoms with Crippen molar-refractivity contribution in [1.29, 1.82) is 0 Å². The van der Waals surface area contributed by atoms with Gasteiger partial charge in [0.1, 0.15) is 12.4 Å². The highest BCUT2D eigenvalue weighted by Crippen LogP contribution is 2.33. The zero-order valence-electron chi connectivity index (χ0n) is 15.8. The van der Waals surface area contributed by atoms with Crippen LogP contribution in [0.3, 0.4) is 0 Å². The fourth-order valence-corrected chi connectivity index (χ4v) is 2.96. The van der Waals surface area contributed by atoms with E-state index >= 15 is 0 Å². The number of hydrogen-bond acceptors (Lipinski definition) is 7. The molecule has 0 saturated heterocycles. The third kappa shape index (κ3) is 4.49. The Morgan fingerprint density at radius 1 is 0.900 bits per heavy atom. The Bertz CT molecular complexity index is 1090. The number of benzene rings is 3. The SMILES string of the molecule is O=C(CCc1cccc([N+](=O)[O-])c1O)c1cccc(OCc2ccccc2O)c1O. The van der Waals surface area contributed by atoms with Crippen molar-refractivity contribution >= 4 is 11.5 Å². The maximum Gasteiger partial charge on any atom is 0.310 e. The third-order valence-corrected chi connectivity index (χ3v) is 4.59. The molecule has 154 valence electrons. The molecule has 0 aromatic heterocycles. The maximum absolute atomic E-state index is 12.6.